The van der Waals surface area contributed by atoms with Crippen LogP contribution in [0.5, 0.6) is 0 Å². The van der Waals surface area contributed by atoms with Crippen molar-refractivity contribution in [1.29, 1.82) is 0 Å². The van der Waals surface area contributed by atoms with E-state index in [1.165, 1.54) is 6.07 Å². The van der Waals surface area contributed by atoms with Crippen LogP contribution in [-0.2, 0) is 15.8 Å². The van der Waals surface area contributed by atoms with Gasteiger partial charge in [0.2, 0.25) is 0 Å². The van der Waals surface area contributed by atoms with Gasteiger partial charge in [0.15, 0.2) is 0 Å². The van der Waals surface area contributed by atoms with Gasteiger partial charge in [0.05, 0.1) is 5.30 Å². The van der Waals surface area contributed by atoms with Crippen molar-refractivity contribution in [3.63, 3.8) is 0 Å². The number of hydrogen-bond donors (Lipinski definition) is 3. The van der Waals surface area contributed by atoms with Crippen molar-refractivity contribution in [1.82, 2.24) is 0 Å². The van der Waals surface area contributed by atoms with Crippen molar-refractivity contribution in [3.05, 3.63) is 29.8 Å². The largest absolute Gasteiger partial charge is 0.481 e. The van der Waals surface area contributed by atoms with E-state index in [0.717, 1.165) is 12.8 Å². The summed E-state index contributed by atoms with van der Waals surface area (Å²) >= 11 is 0. The lowest BCUT2D eigenvalue weighted by Crippen LogP contribution is -2.10. The van der Waals surface area contributed by atoms with E-state index < -0.39 is 13.6 Å². The summed E-state index contributed by atoms with van der Waals surface area (Å²) in [7, 11) is -4.22. The molecule has 6 heteroatoms. The van der Waals surface area contributed by atoms with Gasteiger partial charge in [-0.3, -0.25) is 9.36 Å². The SMILES string of the molecule is O=C(O)CCCCCc1ccccc1P(=O)(O)O. The Bertz CT molecular complexity index is 452. The maximum Gasteiger partial charge on any atom is 0.356 e. The van der Waals surface area contributed by atoms with Crippen LogP contribution in [0.4, 0.5) is 0 Å². The molecule has 0 amide bonds. The van der Waals surface area contributed by atoms with Gasteiger partial charge >= 0.3 is 13.6 Å². The second-order valence-electron chi connectivity index (χ2n) is 4.13. The fourth-order valence-electron chi connectivity index (χ4n) is 1.77. The normalized spacial score (nSPS) is 11.4. The lowest BCUT2D eigenvalue weighted by Gasteiger charge is -2.10. The molecule has 0 fully saturated rings. The minimum Gasteiger partial charge on any atom is -0.481 e. The Balaban J connectivity index is 2.52. The minimum atomic E-state index is -4.22. The third-order valence-corrected chi connectivity index (χ3v) is 3.71. The predicted molar refractivity (Wildman–Crippen MR) is 67.9 cm³/mol. The van der Waals surface area contributed by atoms with E-state index >= 15 is 0 Å². The molecule has 0 aromatic heterocycles. The summed E-state index contributed by atoms with van der Waals surface area (Å²) in [6.07, 6.45) is 2.75. The summed E-state index contributed by atoms with van der Waals surface area (Å²) < 4.78 is 11.2. The molecule has 1 aromatic carbocycles. The molecular formula is C12H17O5P. The molecule has 100 valence electrons. The number of unbranched alkanes of at least 4 members (excludes halogenated alkanes) is 2. The lowest BCUT2D eigenvalue weighted by atomic mass is 10.1. The molecule has 3 N–H and O–H groups in total. The Kier molecular flexibility index (Phi) is 5.54. The van der Waals surface area contributed by atoms with Crippen LogP contribution in [0.3, 0.4) is 0 Å². The smallest absolute Gasteiger partial charge is 0.356 e. The fourth-order valence-corrected chi connectivity index (χ4v) is 2.62. The second-order valence-corrected chi connectivity index (χ2v) is 5.70. The number of hydrogen-bond acceptors (Lipinski definition) is 2. The van der Waals surface area contributed by atoms with Gasteiger partial charge < -0.3 is 14.9 Å². The summed E-state index contributed by atoms with van der Waals surface area (Å²) in [6, 6.07) is 6.48. The number of aliphatic carboxylic acids is 1. The number of carboxylic acid groups (broad SMARTS) is 1. The molecule has 0 saturated heterocycles. The Labute approximate surface area is 106 Å². The maximum atomic E-state index is 11.2. The first kappa shape index (κ1) is 14.9. The van der Waals surface area contributed by atoms with Crippen LogP contribution in [-0.4, -0.2) is 20.9 Å². The van der Waals surface area contributed by atoms with Crippen molar-refractivity contribution in [2.45, 2.75) is 32.1 Å². The number of benzene rings is 1. The molecular weight excluding hydrogens is 255 g/mol. The molecule has 18 heavy (non-hydrogen) atoms. The molecule has 0 spiro atoms. The number of aryl methyl sites for hydroxylation is 1. The molecule has 1 aromatic rings. The van der Waals surface area contributed by atoms with E-state index in [0.29, 0.717) is 18.4 Å². The highest BCUT2D eigenvalue weighted by Crippen LogP contribution is 2.34. The van der Waals surface area contributed by atoms with Gasteiger partial charge in [-0.1, -0.05) is 24.6 Å². The molecule has 0 bridgehead atoms. The number of carbonyl (C=O) groups is 1. The molecule has 0 aliphatic carbocycles. The fraction of sp³-hybridized carbons (Fsp3) is 0.417. The average molecular weight is 272 g/mol. The third-order valence-electron chi connectivity index (χ3n) is 2.64. The lowest BCUT2D eigenvalue weighted by molar-refractivity contribution is -0.137. The summed E-state index contributed by atoms with van der Waals surface area (Å²) in [5.74, 6) is -0.814. The zero-order valence-corrected chi connectivity index (χ0v) is 10.8. The van der Waals surface area contributed by atoms with Crippen molar-refractivity contribution in [3.8, 4) is 0 Å². The van der Waals surface area contributed by atoms with Crippen LogP contribution in [0.2, 0.25) is 0 Å². The van der Waals surface area contributed by atoms with Crippen LogP contribution in [0.1, 0.15) is 31.2 Å². The van der Waals surface area contributed by atoms with E-state index in [9.17, 15) is 19.1 Å². The zero-order valence-electron chi connectivity index (χ0n) is 9.95. The summed E-state index contributed by atoms with van der Waals surface area (Å²) in [5, 5.41) is 8.55. The van der Waals surface area contributed by atoms with Gasteiger partial charge in [0.1, 0.15) is 0 Å². The van der Waals surface area contributed by atoms with E-state index in [-0.39, 0.29) is 11.7 Å². The van der Waals surface area contributed by atoms with Crippen LogP contribution >= 0.6 is 7.60 Å². The first-order valence-electron chi connectivity index (χ1n) is 5.77. The molecule has 0 saturated carbocycles. The monoisotopic (exact) mass is 272 g/mol. The molecule has 0 heterocycles. The van der Waals surface area contributed by atoms with Crippen LogP contribution in [0.25, 0.3) is 0 Å². The highest BCUT2D eigenvalue weighted by Gasteiger charge is 2.20. The zero-order chi connectivity index (χ0) is 13.6. The highest BCUT2D eigenvalue weighted by atomic mass is 31.2. The van der Waals surface area contributed by atoms with Gasteiger partial charge in [0, 0.05) is 6.42 Å². The standard InChI is InChI=1S/C12H17O5P/c13-12(14)9-3-1-2-6-10-7-4-5-8-11(10)18(15,16)17/h4-5,7-8H,1-3,6,9H2,(H,13,14)(H2,15,16,17). The molecule has 1 rings (SSSR count). The summed E-state index contributed by atoms with van der Waals surface area (Å²) in [5.41, 5.74) is 0.640. The Morgan fingerprint density at radius 3 is 2.39 bits per heavy atom. The number of rotatable bonds is 7. The second kappa shape index (κ2) is 6.69. The Morgan fingerprint density at radius 2 is 1.78 bits per heavy atom. The highest BCUT2D eigenvalue weighted by molar-refractivity contribution is 7.60. The van der Waals surface area contributed by atoms with Crippen LogP contribution in [0, 0.1) is 0 Å². The van der Waals surface area contributed by atoms with Gasteiger partial charge in [-0.25, -0.2) is 0 Å². The first-order valence-corrected chi connectivity index (χ1v) is 7.38. The Hall–Kier alpha value is -1.16. The molecule has 0 aliphatic heterocycles. The molecule has 5 nitrogen and oxygen atoms in total. The van der Waals surface area contributed by atoms with Crippen LogP contribution < -0.4 is 5.30 Å². The van der Waals surface area contributed by atoms with E-state index in [2.05, 4.69) is 0 Å². The summed E-state index contributed by atoms with van der Waals surface area (Å²) in [4.78, 5) is 28.7. The molecule has 0 atom stereocenters. The van der Waals surface area contributed by atoms with Crippen molar-refractivity contribution < 1.29 is 24.3 Å². The topological polar surface area (TPSA) is 94.8 Å². The molecule has 0 radical (unpaired) electrons. The van der Waals surface area contributed by atoms with Crippen LogP contribution in [0.15, 0.2) is 24.3 Å². The molecule has 0 aliphatic rings. The van der Waals surface area contributed by atoms with E-state index in [4.69, 9.17) is 5.11 Å². The summed E-state index contributed by atoms with van der Waals surface area (Å²) in [6.45, 7) is 0. The van der Waals surface area contributed by atoms with E-state index in [1.54, 1.807) is 18.2 Å². The van der Waals surface area contributed by atoms with Gasteiger partial charge in [-0.05, 0) is 30.9 Å². The minimum absolute atomic E-state index is 0.0724. The van der Waals surface area contributed by atoms with Gasteiger partial charge in [-0.2, -0.15) is 0 Å². The first-order chi connectivity index (χ1) is 8.41. The molecule has 0 unspecified atom stereocenters. The quantitative estimate of drug-likeness (QED) is 0.518. The Morgan fingerprint density at radius 1 is 1.11 bits per heavy atom. The van der Waals surface area contributed by atoms with E-state index in [1.807, 2.05) is 0 Å². The van der Waals surface area contributed by atoms with Crippen molar-refractivity contribution in [2.75, 3.05) is 0 Å². The van der Waals surface area contributed by atoms with Crippen molar-refractivity contribution in [2.24, 2.45) is 0 Å². The van der Waals surface area contributed by atoms with Gasteiger partial charge in [0.25, 0.3) is 0 Å². The maximum absolute atomic E-state index is 11.2. The van der Waals surface area contributed by atoms with Gasteiger partial charge in [-0.15, -0.1) is 0 Å². The van der Waals surface area contributed by atoms with Crippen molar-refractivity contribution >= 4 is 18.9 Å². The predicted octanol–water partition coefficient (Wildman–Crippen LogP) is 1.68. The third kappa shape index (κ3) is 5.00. The number of carboxylic acids is 1. The average Bonchev–Trinajstić information content (AvgIpc) is 2.27.